The van der Waals surface area contributed by atoms with Crippen LogP contribution in [0.4, 0.5) is 5.69 Å². The Labute approximate surface area is 175 Å². The van der Waals surface area contributed by atoms with E-state index in [9.17, 15) is 0 Å². The molecule has 3 aliphatic carbocycles. The molecule has 2 atom stereocenters. The summed E-state index contributed by atoms with van der Waals surface area (Å²) in [5, 5.41) is 7.33. The fourth-order valence-electron chi connectivity index (χ4n) is 5.31. The van der Waals surface area contributed by atoms with Crippen LogP contribution in [0.2, 0.25) is 0 Å². The van der Waals surface area contributed by atoms with Gasteiger partial charge in [0.2, 0.25) is 0 Å². The molecule has 4 rings (SSSR count). The maximum atomic E-state index is 5.55. The third kappa shape index (κ3) is 5.19. The molecule has 2 unspecified atom stereocenters. The van der Waals surface area contributed by atoms with Gasteiger partial charge in [0, 0.05) is 23.0 Å². The van der Waals surface area contributed by atoms with Crippen molar-refractivity contribution in [2.75, 3.05) is 12.0 Å². The lowest BCUT2D eigenvalue weighted by Gasteiger charge is -2.38. The molecule has 0 saturated heterocycles. The third-order valence-electron chi connectivity index (χ3n) is 6.79. The number of nitrogens with one attached hydrogen (secondary N) is 3. The minimum atomic E-state index is 0.516. The van der Waals surface area contributed by atoms with Crippen molar-refractivity contribution < 1.29 is 0 Å². The highest BCUT2D eigenvalue weighted by molar-refractivity contribution is 5.78. The number of para-hydroxylation sites is 1. The van der Waals surface area contributed by atoms with Crippen molar-refractivity contribution in [1.82, 2.24) is 10.7 Å². The summed E-state index contributed by atoms with van der Waals surface area (Å²) >= 11 is 0. The van der Waals surface area contributed by atoms with E-state index in [2.05, 4.69) is 64.6 Å². The topological polar surface area (TPSA) is 62.1 Å². The van der Waals surface area contributed by atoms with Crippen molar-refractivity contribution in [3.05, 3.63) is 59.8 Å². The SMILES string of the molecule is NNCNC1CCC(c2ccccc2NC2=CCCC=C2)=CC1C1CCCCC1. The summed E-state index contributed by atoms with van der Waals surface area (Å²) in [6.45, 7) is 0.676. The van der Waals surface area contributed by atoms with Crippen molar-refractivity contribution in [3.63, 3.8) is 0 Å². The Balaban J connectivity index is 1.59. The van der Waals surface area contributed by atoms with Crippen LogP contribution in [0.15, 0.2) is 54.3 Å². The Bertz CT molecular complexity index is 758. The molecule has 5 N–H and O–H groups in total. The summed E-state index contributed by atoms with van der Waals surface area (Å²) in [6, 6.07) is 9.33. The highest BCUT2D eigenvalue weighted by atomic mass is 15.3. The summed E-state index contributed by atoms with van der Waals surface area (Å²) in [4.78, 5) is 0. The number of hydrazine groups is 1. The second-order valence-electron chi connectivity index (χ2n) is 8.71. The van der Waals surface area contributed by atoms with Crippen LogP contribution in [-0.4, -0.2) is 12.7 Å². The van der Waals surface area contributed by atoms with Crippen molar-refractivity contribution >= 4 is 11.3 Å². The zero-order chi connectivity index (χ0) is 19.9. The van der Waals surface area contributed by atoms with Crippen LogP contribution in [0.25, 0.3) is 5.57 Å². The first kappa shape index (κ1) is 20.4. The maximum absolute atomic E-state index is 5.55. The monoisotopic (exact) mass is 392 g/mol. The summed E-state index contributed by atoms with van der Waals surface area (Å²) in [5.74, 6) is 6.93. The lowest BCUT2D eigenvalue weighted by molar-refractivity contribution is 0.221. The Kier molecular flexibility index (Phi) is 7.20. The predicted octanol–water partition coefficient (Wildman–Crippen LogP) is 5.09. The van der Waals surface area contributed by atoms with E-state index < -0.39 is 0 Å². The van der Waals surface area contributed by atoms with E-state index in [4.69, 9.17) is 5.84 Å². The predicted molar refractivity (Wildman–Crippen MR) is 123 cm³/mol. The van der Waals surface area contributed by atoms with E-state index in [0.717, 1.165) is 25.2 Å². The standard InChI is InChI=1S/C25H36N4/c26-28-18-27-24-16-15-20(17-23(24)19-9-3-1-4-10-19)22-13-7-8-14-25(22)29-21-11-5-2-6-12-21/h5,7-8,11-14,17,19,23-24,27-29H,1-4,6,9-10,15-16,18,26H2. The molecule has 4 heteroatoms. The zero-order valence-electron chi connectivity index (χ0n) is 17.5. The van der Waals surface area contributed by atoms with Crippen molar-refractivity contribution in [2.24, 2.45) is 17.7 Å². The number of hydrogen-bond donors (Lipinski definition) is 4. The van der Waals surface area contributed by atoms with E-state index in [0.29, 0.717) is 18.6 Å². The third-order valence-corrected chi connectivity index (χ3v) is 6.79. The van der Waals surface area contributed by atoms with Crippen LogP contribution < -0.4 is 21.9 Å². The van der Waals surface area contributed by atoms with Gasteiger partial charge in [0.05, 0.1) is 6.67 Å². The molecular weight excluding hydrogens is 356 g/mol. The first-order valence-electron chi connectivity index (χ1n) is 11.5. The second kappa shape index (κ2) is 10.2. The summed E-state index contributed by atoms with van der Waals surface area (Å²) in [7, 11) is 0. The van der Waals surface area contributed by atoms with Gasteiger partial charge in [-0.25, -0.2) is 5.43 Å². The maximum Gasteiger partial charge on any atom is 0.0589 e. The zero-order valence-corrected chi connectivity index (χ0v) is 17.5. The van der Waals surface area contributed by atoms with Gasteiger partial charge in [0.1, 0.15) is 0 Å². The minimum absolute atomic E-state index is 0.516. The first-order chi connectivity index (χ1) is 14.3. The first-order valence-corrected chi connectivity index (χ1v) is 11.5. The largest absolute Gasteiger partial charge is 0.355 e. The summed E-state index contributed by atoms with van der Waals surface area (Å²) in [5.41, 5.74) is 8.10. The number of rotatable bonds is 7. The van der Waals surface area contributed by atoms with Gasteiger partial charge < -0.3 is 10.6 Å². The Hall–Kier alpha value is -1.88. The molecule has 1 aromatic carbocycles. The highest BCUT2D eigenvalue weighted by Crippen LogP contribution is 2.41. The fourth-order valence-corrected chi connectivity index (χ4v) is 5.31. The molecule has 0 heterocycles. The average molecular weight is 393 g/mol. The summed E-state index contributed by atoms with van der Waals surface area (Å²) in [6.07, 6.45) is 20.8. The quantitative estimate of drug-likeness (QED) is 0.297. The molecule has 29 heavy (non-hydrogen) atoms. The van der Waals surface area contributed by atoms with Crippen molar-refractivity contribution in [1.29, 1.82) is 0 Å². The van der Waals surface area contributed by atoms with E-state index in [-0.39, 0.29) is 0 Å². The number of allylic oxidation sites excluding steroid dienone is 4. The van der Waals surface area contributed by atoms with Gasteiger partial charge in [-0.3, -0.25) is 5.84 Å². The Morgan fingerprint density at radius 1 is 1.00 bits per heavy atom. The molecule has 0 amide bonds. The number of anilines is 1. The molecule has 156 valence electrons. The number of nitrogens with two attached hydrogens (primary N) is 1. The molecular formula is C25H36N4. The normalized spacial score (nSPS) is 25.4. The molecule has 3 aliphatic rings. The van der Waals surface area contributed by atoms with E-state index in [1.165, 1.54) is 61.0 Å². The van der Waals surface area contributed by atoms with E-state index in [1.807, 2.05) is 0 Å². The smallest absolute Gasteiger partial charge is 0.0589 e. The van der Waals surface area contributed by atoms with Crippen LogP contribution in [-0.2, 0) is 0 Å². The second-order valence-corrected chi connectivity index (χ2v) is 8.71. The number of benzene rings is 1. The number of hydrogen-bond acceptors (Lipinski definition) is 4. The molecule has 1 fully saturated rings. The van der Waals surface area contributed by atoms with Gasteiger partial charge >= 0.3 is 0 Å². The molecule has 0 radical (unpaired) electrons. The molecule has 0 spiro atoms. The van der Waals surface area contributed by atoms with Gasteiger partial charge in [0.25, 0.3) is 0 Å². The van der Waals surface area contributed by atoms with Crippen LogP contribution in [0.3, 0.4) is 0 Å². The van der Waals surface area contributed by atoms with E-state index in [1.54, 1.807) is 0 Å². The van der Waals surface area contributed by atoms with Gasteiger partial charge in [-0.05, 0) is 68.1 Å². The molecule has 1 saturated carbocycles. The molecule has 1 aromatic rings. The average Bonchev–Trinajstić information content (AvgIpc) is 2.79. The van der Waals surface area contributed by atoms with Crippen LogP contribution in [0, 0.1) is 11.8 Å². The minimum Gasteiger partial charge on any atom is -0.355 e. The molecule has 0 bridgehead atoms. The molecule has 0 aliphatic heterocycles. The summed E-state index contributed by atoms with van der Waals surface area (Å²) < 4.78 is 0. The van der Waals surface area contributed by atoms with Crippen LogP contribution in [0.5, 0.6) is 0 Å². The van der Waals surface area contributed by atoms with Crippen molar-refractivity contribution in [2.45, 2.75) is 63.8 Å². The Morgan fingerprint density at radius 2 is 1.86 bits per heavy atom. The van der Waals surface area contributed by atoms with Gasteiger partial charge in [-0.1, -0.05) is 55.7 Å². The van der Waals surface area contributed by atoms with Gasteiger partial charge in [-0.2, -0.15) is 0 Å². The van der Waals surface area contributed by atoms with Crippen molar-refractivity contribution in [3.8, 4) is 0 Å². The lowest BCUT2D eigenvalue weighted by atomic mass is 9.71. The van der Waals surface area contributed by atoms with Gasteiger partial charge in [0.15, 0.2) is 0 Å². The van der Waals surface area contributed by atoms with E-state index >= 15 is 0 Å². The van der Waals surface area contributed by atoms with Gasteiger partial charge in [-0.15, -0.1) is 0 Å². The van der Waals surface area contributed by atoms with Crippen LogP contribution >= 0.6 is 0 Å². The Morgan fingerprint density at radius 3 is 2.66 bits per heavy atom. The van der Waals surface area contributed by atoms with Crippen LogP contribution in [0.1, 0.15) is 63.4 Å². The fraction of sp³-hybridized carbons (Fsp3) is 0.520. The molecule has 4 nitrogen and oxygen atoms in total. The lowest BCUT2D eigenvalue weighted by Crippen LogP contribution is -2.46. The molecule has 0 aromatic heterocycles. The highest BCUT2D eigenvalue weighted by Gasteiger charge is 2.32.